The van der Waals surface area contributed by atoms with E-state index in [4.69, 9.17) is 4.52 Å². The van der Waals surface area contributed by atoms with Crippen molar-refractivity contribution in [1.29, 1.82) is 0 Å². The van der Waals surface area contributed by atoms with Gasteiger partial charge < -0.3 is 9.84 Å². The van der Waals surface area contributed by atoms with Crippen LogP contribution in [0.25, 0.3) is 0 Å². The molecule has 0 aliphatic carbocycles. The van der Waals surface area contributed by atoms with E-state index in [1.54, 1.807) is 18.2 Å². The molecule has 2 aromatic rings. The number of hydrogen-bond acceptors (Lipinski definition) is 5. The zero-order valence-corrected chi connectivity index (χ0v) is 11.6. The van der Waals surface area contributed by atoms with Crippen molar-refractivity contribution in [2.45, 2.75) is 24.3 Å². The van der Waals surface area contributed by atoms with Crippen molar-refractivity contribution in [3.05, 3.63) is 41.8 Å². The van der Waals surface area contributed by atoms with Gasteiger partial charge in [0.1, 0.15) is 0 Å². The van der Waals surface area contributed by atoms with E-state index >= 15 is 0 Å². The summed E-state index contributed by atoms with van der Waals surface area (Å²) in [6.07, 6.45) is 3.53. The second-order valence-corrected chi connectivity index (χ2v) is 6.42. The molecule has 2 N–H and O–H groups in total. The number of fused-ring (bicyclic) bond motifs is 1. The molecule has 0 saturated carbocycles. The van der Waals surface area contributed by atoms with E-state index in [0.29, 0.717) is 5.76 Å². The highest BCUT2D eigenvalue weighted by Crippen LogP contribution is 2.25. The predicted octanol–water partition coefficient (Wildman–Crippen LogP) is 1.51. The lowest BCUT2D eigenvalue weighted by Crippen LogP contribution is -2.23. The number of aryl methyl sites for hydroxylation is 1. The molecule has 1 aliphatic rings. The largest absolute Gasteiger partial charge is 0.385 e. The Morgan fingerprint density at radius 1 is 1.35 bits per heavy atom. The summed E-state index contributed by atoms with van der Waals surface area (Å²) in [6.45, 7) is 0.967. The first-order valence-electron chi connectivity index (χ1n) is 6.41. The minimum atomic E-state index is -3.55. The Bertz CT molecular complexity index is 696. The minimum absolute atomic E-state index is 0.0901. The summed E-state index contributed by atoms with van der Waals surface area (Å²) in [6, 6.07) is 6.80. The highest BCUT2D eigenvalue weighted by molar-refractivity contribution is 7.89. The summed E-state index contributed by atoms with van der Waals surface area (Å²) in [5.74, 6) is 0.477. The summed E-state index contributed by atoms with van der Waals surface area (Å²) in [5, 5.41) is 6.76. The van der Waals surface area contributed by atoms with E-state index in [9.17, 15) is 8.42 Å². The standard InChI is InChI=1S/C13H15N3O3S/c17-20(18,16-9-11-5-7-15-19-11)12-4-3-10-2-1-6-14-13(10)8-12/h3-5,7-8,14,16H,1-2,6,9H2. The van der Waals surface area contributed by atoms with Crippen LogP contribution < -0.4 is 10.0 Å². The molecule has 1 aliphatic heterocycles. The van der Waals surface area contributed by atoms with Gasteiger partial charge in [-0.05, 0) is 30.5 Å². The summed E-state index contributed by atoms with van der Waals surface area (Å²) in [4.78, 5) is 0.255. The number of nitrogens with one attached hydrogen (secondary N) is 2. The highest BCUT2D eigenvalue weighted by Gasteiger charge is 2.17. The molecule has 0 spiro atoms. The first kappa shape index (κ1) is 13.1. The smallest absolute Gasteiger partial charge is 0.241 e. The Hall–Kier alpha value is -1.86. The number of benzene rings is 1. The van der Waals surface area contributed by atoms with Crippen molar-refractivity contribution < 1.29 is 12.9 Å². The van der Waals surface area contributed by atoms with Gasteiger partial charge in [-0.2, -0.15) is 0 Å². The van der Waals surface area contributed by atoms with Crippen molar-refractivity contribution in [2.75, 3.05) is 11.9 Å². The lowest BCUT2D eigenvalue weighted by molar-refractivity contribution is 0.380. The third kappa shape index (κ3) is 2.68. The second-order valence-electron chi connectivity index (χ2n) is 4.65. The van der Waals surface area contributed by atoms with Gasteiger partial charge in [0.25, 0.3) is 0 Å². The van der Waals surface area contributed by atoms with Gasteiger partial charge in [0, 0.05) is 18.3 Å². The van der Waals surface area contributed by atoms with Gasteiger partial charge >= 0.3 is 0 Å². The summed E-state index contributed by atoms with van der Waals surface area (Å²) >= 11 is 0. The maximum absolute atomic E-state index is 12.2. The molecule has 20 heavy (non-hydrogen) atoms. The molecule has 2 heterocycles. The van der Waals surface area contributed by atoms with Crippen molar-refractivity contribution in [2.24, 2.45) is 0 Å². The molecule has 1 aromatic carbocycles. The monoisotopic (exact) mass is 293 g/mol. The Kier molecular flexibility index (Phi) is 3.45. The van der Waals surface area contributed by atoms with E-state index < -0.39 is 10.0 Å². The molecule has 0 radical (unpaired) electrons. The Morgan fingerprint density at radius 2 is 2.25 bits per heavy atom. The molecular weight excluding hydrogens is 278 g/mol. The number of aromatic nitrogens is 1. The van der Waals surface area contributed by atoms with Crippen molar-refractivity contribution in [3.8, 4) is 0 Å². The molecule has 1 aromatic heterocycles. The average Bonchev–Trinajstić information content (AvgIpc) is 2.98. The van der Waals surface area contributed by atoms with Crippen LogP contribution in [-0.4, -0.2) is 20.1 Å². The molecule has 3 rings (SSSR count). The van der Waals surface area contributed by atoms with E-state index in [-0.39, 0.29) is 11.4 Å². The van der Waals surface area contributed by atoms with Crippen LogP contribution in [0.5, 0.6) is 0 Å². The summed E-state index contributed by atoms with van der Waals surface area (Å²) in [5.41, 5.74) is 2.06. The normalized spacial score (nSPS) is 14.6. The van der Waals surface area contributed by atoms with Crippen LogP contribution in [0.15, 0.2) is 39.9 Å². The molecule has 0 saturated heterocycles. The number of anilines is 1. The Balaban J connectivity index is 1.80. The molecule has 0 fully saturated rings. The SMILES string of the molecule is O=S(=O)(NCc1ccno1)c1ccc2c(c1)NCCC2. The van der Waals surface area contributed by atoms with Gasteiger partial charge in [0.15, 0.2) is 5.76 Å². The predicted molar refractivity (Wildman–Crippen MR) is 73.8 cm³/mol. The zero-order valence-electron chi connectivity index (χ0n) is 10.8. The number of rotatable bonds is 4. The quantitative estimate of drug-likeness (QED) is 0.892. The second kappa shape index (κ2) is 5.26. The lowest BCUT2D eigenvalue weighted by Gasteiger charge is -2.18. The Labute approximate surface area is 117 Å². The molecule has 6 nitrogen and oxygen atoms in total. The average molecular weight is 293 g/mol. The first-order chi connectivity index (χ1) is 9.65. The molecule has 7 heteroatoms. The Morgan fingerprint density at radius 3 is 3.05 bits per heavy atom. The molecule has 106 valence electrons. The van der Waals surface area contributed by atoms with Crippen molar-refractivity contribution in [1.82, 2.24) is 9.88 Å². The number of nitrogens with zero attached hydrogens (tertiary/aromatic N) is 1. The van der Waals surface area contributed by atoms with Crippen molar-refractivity contribution >= 4 is 15.7 Å². The fraction of sp³-hybridized carbons (Fsp3) is 0.308. The number of sulfonamides is 1. The minimum Gasteiger partial charge on any atom is -0.385 e. The first-order valence-corrected chi connectivity index (χ1v) is 7.89. The third-order valence-electron chi connectivity index (χ3n) is 3.26. The van der Waals surface area contributed by atoms with Crippen LogP contribution in [0.2, 0.25) is 0 Å². The topological polar surface area (TPSA) is 84.2 Å². The van der Waals surface area contributed by atoms with E-state index in [0.717, 1.165) is 30.6 Å². The maximum Gasteiger partial charge on any atom is 0.241 e. The van der Waals surface area contributed by atoms with Crippen LogP contribution in [0.3, 0.4) is 0 Å². The van der Waals surface area contributed by atoms with Crippen LogP contribution in [0.1, 0.15) is 17.7 Å². The van der Waals surface area contributed by atoms with Gasteiger partial charge in [-0.1, -0.05) is 11.2 Å². The van der Waals surface area contributed by atoms with E-state index in [1.807, 2.05) is 6.07 Å². The van der Waals surface area contributed by atoms with Crippen LogP contribution in [-0.2, 0) is 23.0 Å². The maximum atomic E-state index is 12.2. The highest BCUT2D eigenvalue weighted by atomic mass is 32.2. The van der Waals surface area contributed by atoms with Crippen LogP contribution >= 0.6 is 0 Å². The van der Waals surface area contributed by atoms with E-state index in [1.165, 1.54) is 6.20 Å². The number of hydrogen-bond donors (Lipinski definition) is 2. The van der Waals surface area contributed by atoms with Gasteiger partial charge in [0.2, 0.25) is 10.0 Å². The molecule has 0 unspecified atom stereocenters. The fourth-order valence-electron chi connectivity index (χ4n) is 2.19. The van der Waals surface area contributed by atoms with Crippen LogP contribution in [0, 0.1) is 0 Å². The van der Waals surface area contributed by atoms with Gasteiger partial charge in [-0.15, -0.1) is 0 Å². The molecule has 0 amide bonds. The summed E-state index contributed by atoms with van der Waals surface area (Å²) in [7, 11) is -3.55. The molecule has 0 bridgehead atoms. The van der Waals surface area contributed by atoms with Crippen molar-refractivity contribution in [3.63, 3.8) is 0 Å². The molecular formula is C13H15N3O3S. The third-order valence-corrected chi connectivity index (χ3v) is 4.66. The van der Waals surface area contributed by atoms with Gasteiger partial charge in [-0.25, -0.2) is 13.1 Å². The molecule has 0 atom stereocenters. The zero-order chi connectivity index (χ0) is 14.0. The van der Waals surface area contributed by atoms with Gasteiger partial charge in [0.05, 0.1) is 17.6 Å². The lowest BCUT2D eigenvalue weighted by atomic mass is 10.0. The van der Waals surface area contributed by atoms with Crippen LogP contribution in [0.4, 0.5) is 5.69 Å². The summed E-state index contributed by atoms with van der Waals surface area (Å²) < 4.78 is 31.8. The fourth-order valence-corrected chi connectivity index (χ4v) is 3.21. The van der Waals surface area contributed by atoms with Gasteiger partial charge in [-0.3, -0.25) is 0 Å². The van der Waals surface area contributed by atoms with E-state index in [2.05, 4.69) is 15.2 Å².